The molecule has 2 heterocycles. The third-order valence-electron chi connectivity index (χ3n) is 3.38. The molecule has 110 valence electrons. The number of hydrogen-bond acceptors (Lipinski definition) is 3. The summed E-state index contributed by atoms with van der Waals surface area (Å²) in [5.41, 5.74) is 3.46. The van der Waals surface area contributed by atoms with Gasteiger partial charge in [-0.1, -0.05) is 11.6 Å². The zero-order valence-electron chi connectivity index (χ0n) is 12.0. The molecular formula is C16H18ClN3O. The second-order valence-corrected chi connectivity index (χ2v) is 5.67. The van der Waals surface area contributed by atoms with E-state index in [0.717, 1.165) is 36.0 Å². The second kappa shape index (κ2) is 6.33. The van der Waals surface area contributed by atoms with Crippen LogP contribution in [-0.4, -0.2) is 29.5 Å². The van der Waals surface area contributed by atoms with Gasteiger partial charge in [0.1, 0.15) is 12.4 Å². The molecule has 4 nitrogen and oxygen atoms in total. The van der Waals surface area contributed by atoms with E-state index >= 15 is 0 Å². The number of aromatic nitrogens is 2. The fourth-order valence-corrected chi connectivity index (χ4v) is 2.51. The van der Waals surface area contributed by atoms with E-state index in [-0.39, 0.29) is 0 Å². The van der Waals surface area contributed by atoms with Crippen molar-refractivity contribution in [3.63, 3.8) is 0 Å². The monoisotopic (exact) mass is 303 g/mol. The van der Waals surface area contributed by atoms with Gasteiger partial charge in [0.05, 0.1) is 12.7 Å². The van der Waals surface area contributed by atoms with E-state index in [2.05, 4.69) is 16.5 Å². The predicted octanol–water partition coefficient (Wildman–Crippen LogP) is 2.91. The van der Waals surface area contributed by atoms with Crippen LogP contribution in [0.4, 0.5) is 0 Å². The molecule has 0 spiro atoms. The van der Waals surface area contributed by atoms with Crippen LogP contribution in [0.5, 0.6) is 5.75 Å². The number of hydrogen-bond donors (Lipinski definition) is 1. The van der Waals surface area contributed by atoms with Crippen molar-refractivity contribution in [3.8, 4) is 5.75 Å². The van der Waals surface area contributed by atoms with Gasteiger partial charge in [0.25, 0.3) is 0 Å². The Hall–Kier alpha value is -1.78. The topological polar surface area (TPSA) is 39.1 Å². The van der Waals surface area contributed by atoms with Gasteiger partial charge in [0.15, 0.2) is 0 Å². The van der Waals surface area contributed by atoms with Crippen molar-refractivity contribution in [2.45, 2.75) is 13.5 Å². The fraction of sp³-hybridized carbons (Fsp3) is 0.312. The van der Waals surface area contributed by atoms with Crippen LogP contribution in [0.25, 0.3) is 6.08 Å². The van der Waals surface area contributed by atoms with Crippen molar-refractivity contribution in [1.82, 2.24) is 15.1 Å². The van der Waals surface area contributed by atoms with Crippen LogP contribution in [0.3, 0.4) is 0 Å². The van der Waals surface area contributed by atoms with Crippen molar-refractivity contribution in [2.75, 3.05) is 19.7 Å². The lowest BCUT2D eigenvalue weighted by molar-refractivity contribution is 0.342. The van der Waals surface area contributed by atoms with Gasteiger partial charge in [0.2, 0.25) is 0 Å². The number of rotatable bonds is 5. The van der Waals surface area contributed by atoms with E-state index in [0.29, 0.717) is 6.61 Å². The Kier molecular flexibility index (Phi) is 4.27. The number of fused-ring (bicyclic) bond motifs is 1. The quantitative estimate of drug-likeness (QED) is 0.863. The Morgan fingerprint density at radius 3 is 3.14 bits per heavy atom. The molecular weight excluding hydrogens is 286 g/mol. The summed E-state index contributed by atoms with van der Waals surface area (Å²) in [6, 6.07) is 5.70. The Morgan fingerprint density at radius 1 is 1.43 bits per heavy atom. The van der Waals surface area contributed by atoms with E-state index in [1.54, 1.807) is 0 Å². The van der Waals surface area contributed by atoms with Crippen LogP contribution in [0.2, 0.25) is 5.02 Å². The van der Waals surface area contributed by atoms with Crippen molar-refractivity contribution in [3.05, 3.63) is 52.3 Å². The third-order valence-corrected chi connectivity index (χ3v) is 3.61. The molecule has 1 N–H and O–H groups in total. The van der Waals surface area contributed by atoms with E-state index in [9.17, 15) is 0 Å². The first-order chi connectivity index (χ1) is 10.2. The molecule has 5 heteroatoms. The Morgan fingerprint density at radius 2 is 2.33 bits per heavy atom. The molecule has 0 fully saturated rings. The molecule has 1 aliphatic heterocycles. The summed E-state index contributed by atoms with van der Waals surface area (Å²) in [4.78, 5) is 0. The SMILES string of the molecule is Cc1cnn(CCNCC2=Cc3cc(Cl)ccc3OC2)c1. The van der Waals surface area contributed by atoms with Crippen LogP contribution >= 0.6 is 11.6 Å². The highest BCUT2D eigenvalue weighted by molar-refractivity contribution is 6.30. The smallest absolute Gasteiger partial charge is 0.127 e. The minimum atomic E-state index is 0.627. The first-order valence-corrected chi connectivity index (χ1v) is 7.40. The number of nitrogens with one attached hydrogen (secondary N) is 1. The zero-order chi connectivity index (χ0) is 14.7. The van der Waals surface area contributed by atoms with Crippen molar-refractivity contribution in [1.29, 1.82) is 0 Å². The lowest BCUT2D eigenvalue weighted by Gasteiger charge is -2.18. The number of halogens is 1. The minimum Gasteiger partial charge on any atom is -0.489 e. The molecule has 0 amide bonds. The maximum absolute atomic E-state index is 6.01. The molecule has 0 unspecified atom stereocenters. The molecule has 21 heavy (non-hydrogen) atoms. The van der Waals surface area contributed by atoms with Crippen LogP contribution in [0, 0.1) is 6.92 Å². The Balaban J connectivity index is 1.52. The maximum Gasteiger partial charge on any atom is 0.127 e. The van der Waals surface area contributed by atoms with Crippen molar-refractivity contribution in [2.24, 2.45) is 0 Å². The van der Waals surface area contributed by atoms with Gasteiger partial charge in [-0.3, -0.25) is 4.68 Å². The molecule has 1 aliphatic rings. The summed E-state index contributed by atoms with van der Waals surface area (Å²) in [7, 11) is 0. The number of ether oxygens (including phenoxy) is 1. The highest BCUT2D eigenvalue weighted by atomic mass is 35.5. The molecule has 1 aromatic carbocycles. The summed E-state index contributed by atoms with van der Waals surface area (Å²) in [5.74, 6) is 0.898. The van der Waals surface area contributed by atoms with E-state index in [1.165, 1.54) is 11.1 Å². The first-order valence-electron chi connectivity index (χ1n) is 7.02. The van der Waals surface area contributed by atoms with Gasteiger partial charge in [-0.05, 0) is 42.3 Å². The molecule has 0 radical (unpaired) electrons. The van der Waals surface area contributed by atoms with Crippen LogP contribution < -0.4 is 10.1 Å². The summed E-state index contributed by atoms with van der Waals surface area (Å²) in [5, 5.41) is 8.41. The maximum atomic E-state index is 6.01. The van der Waals surface area contributed by atoms with Gasteiger partial charge in [-0.15, -0.1) is 0 Å². The Bertz CT molecular complexity index is 663. The van der Waals surface area contributed by atoms with Gasteiger partial charge in [-0.2, -0.15) is 5.10 Å². The van der Waals surface area contributed by atoms with Gasteiger partial charge in [-0.25, -0.2) is 0 Å². The van der Waals surface area contributed by atoms with E-state index in [4.69, 9.17) is 16.3 Å². The average molecular weight is 304 g/mol. The molecule has 0 aliphatic carbocycles. The van der Waals surface area contributed by atoms with Gasteiger partial charge in [0, 0.05) is 29.9 Å². The first kappa shape index (κ1) is 14.2. The van der Waals surface area contributed by atoms with E-state index < -0.39 is 0 Å². The second-order valence-electron chi connectivity index (χ2n) is 5.23. The van der Waals surface area contributed by atoms with Crippen molar-refractivity contribution < 1.29 is 4.74 Å². The normalized spacial score (nSPS) is 13.5. The van der Waals surface area contributed by atoms with Crippen LogP contribution in [-0.2, 0) is 6.54 Å². The lowest BCUT2D eigenvalue weighted by Crippen LogP contribution is -2.25. The molecule has 0 saturated carbocycles. The molecule has 3 rings (SSSR count). The minimum absolute atomic E-state index is 0.627. The largest absolute Gasteiger partial charge is 0.489 e. The third kappa shape index (κ3) is 3.65. The molecule has 1 aromatic heterocycles. The molecule has 0 bridgehead atoms. The van der Waals surface area contributed by atoms with Crippen LogP contribution in [0.15, 0.2) is 36.2 Å². The summed E-state index contributed by atoms with van der Waals surface area (Å²) >= 11 is 6.01. The molecule has 2 aromatic rings. The summed E-state index contributed by atoms with van der Waals surface area (Å²) in [6.45, 7) is 5.23. The van der Waals surface area contributed by atoms with Crippen molar-refractivity contribution >= 4 is 17.7 Å². The van der Waals surface area contributed by atoms with E-state index in [1.807, 2.05) is 42.2 Å². The lowest BCUT2D eigenvalue weighted by atomic mass is 10.1. The Labute approximate surface area is 129 Å². The fourth-order valence-electron chi connectivity index (χ4n) is 2.33. The van der Waals surface area contributed by atoms with Gasteiger partial charge >= 0.3 is 0 Å². The summed E-state index contributed by atoms with van der Waals surface area (Å²) in [6.07, 6.45) is 6.07. The standard InChI is InChI=1S/C16H18ClN3O/c1-12-8-19-20(10-12)5-4-18-9-13-6-14-7-15(17)2-3-16(14)21-11-13/h2-3,6-8,10,18H,4-5,9,11H2,1H3. The zero-order valence-corrected chi connectivity index (χ0v) is 12.7. The highest BCUT2D eigenvalue weighted by Gasteiger charge is 2.11. The number of benzene rings is 1. The molecule has 0 atom stereocenters. The van der Waals surface area contributed by atoms with Gasteiger partial charge < -0.3 is 10.1 Å². The van der Waals surface area contributed by atoms with Crippen LogP contribution in [0.1, 0.15) is 11.1 Å². The number of aryl methyl sites for hydroxylation is 1. The predicted molar refractivity (Wildman–Crippen MR) is 84.8 cm³/mol. The average Bonchev–Trinajstić information content (AvgIpc) is 2.89. The highest BCUT2D eigenvalue weighted by Crippen LogP contribution is 2.28. The molecule has 0 saturated heterocycles. The number of nitrogens with zero attached hydrogens (tertiary/aromatic N) is 2. The summed E-state index contributed by atoms with van der Waals surface area (Å²) < 4.78 is 7.67.